The van der Waals surface area contributed by atoms with Crippen LogP contribution in [0.4, 0.5) is 4.79 Å². The summed E-state index contributed by atoms with van der Waals surface area (Å²) in [6.07, 6.45) is 4.68. The second kappa shape index (κ2) is 10.1. The first-order chi connectivity index (χ1) is 14.0. The molecule has 0 aromatic heterocycles. The zero-order valence-electron chi connectivity index (χ0n) is 17.6. The number of rotatable bonds is 8. The van der Waals surface area contributed by atoms with Gasteiger partial charge in [-0.25, -0.2) is 17.9 Å². The van der Waals surface area contributed by atoms with E-state index < -0.39 is 33.7 Å². The van der Waals surface area contributed by atoms with Crippen LogP contribution in [-0.2, 0) is 19.6 Å². The molecule has 1 fully saturated rings. The lowest BCUT2D eigenvalue weighted by Gasteiger charge is -2.27. The fourth-order valence-electron chi connectivity index (χ4n) is 3.18. The number of nitrogens with one attached hydrogen (secondary N) is 1. The molecule has 1 aliphatic rings. The third-order valence-corrected chi connectivity index (χ3v) is 6.00. The third kappa shape index (κ3) is 7.46. The van der Waals surface area contributed by atoms with Gasteiger partial charge in [0.15, 0.2) is 0 Å². The van der Waals surface area contributed by atoms with Crippen molar-refractivity contribution in [1.82, 2.24) is 9.62 Å². The molecule has 1 heterocycles. The first-order valence-electron chi connectivity index (χ1n) is 9.93. The number of hydrogen-bond acceptors (Lipinski definition) is 5. The molecule has 2 rings (SSSR count). The Morgan fingerprint density at radius 2 is 1.93 bits per heavy atom. The molecule has 8 nitrogen and oxygen atoms in total. The van der Waals surface area contributed by atoms with Crippen LogP contribution in [0.3, 0.4) is 0 Å². The van der Waals surface area contributed by atoms with Gasteiger partial charge in [-0.2, -0.15) is 0 Å². The van der Waals surface area contributed by atoms with Crippen LogP contribution in [0.1, 0.15) is 46.5 Å². The number of likely N-dealkylation sites (tertiary alicyclic amines) is 1. The molecule has 0 unspecified atom stereocenters. The highest BCUT2D eigenvalue weighted by atomic mass is 32.2. The number of carbonyl (C=O) groups is 2. The van der Waals surface area contributed by atoms with Crippen molar-refractivity contribution in [3.8, 4) is 0 Å². The normalized spacial score (nSPS) is 19.9. The number of carboxylic acids is 1. The molecule has 0 aliphatic carbocycles. The zero-order valence-corrected chi connectivity index (χ0v) is 18.4. The van der Waals surface area contributed by atoms with E-state index in [1.165, 1.54) is 17.0 Å². The summed E-state index contributed by atoms with van der Waals surface area (Å²) in [4.78, 5) is 25.0. The highest BCUT2D eigenvalue weighted by Gasteiger charge is 2.38. The highest BCUT2D eigenvalue weighted by Crippen LogP contribution is 2.24. The van der Waals surface area contributed by atoms with Crippen molar-refractivity contribution in [1.29, 1.82) is 0 Å². The number of ether oxygens (including phenoxy) is 1. The maximum absolute atomic E-state index is 12.6. The van der Waals surface area contributed by atoms with Crippen molar-refractivity contribution < 1.29 is 27.9 Å². The maximum Gasteiger partial charge on any atom is 0.410 e. The third-order valence-electron chi connectivity index (χ3n) is 4.47. The first kappa shape index (κ1) is 23.9. The molecule has 166 valence electrons. The van der Waals surface area contributed by atoms with Gasteiger partial charge in [-0.3, -0.25) is 4.79 Å². The molecule has 30 heavy (non-hydrogen) atoms. The van der Waals surface area contributed by atoms with Gasteiger partial charge >= 0.3 is 12.1 Å². The second-order valence-electron chi connectivity index (χ2n) is 8.28. The fraction of sp³-hybridized carbons (Fsp3) is 0.524. The minimum Gasteiger partial charge on any atom is -0.481 e. The summed E-state index contributed by atoms with van der Waals surface area (Å²) in [5, 5.41) is 8.73. The average molecular weight is 439 g/mol. The molecule has 1 saturated heterocycles. The minimum absolute atomic E-state index is 0.0737. The molecule has 0 saturated carbocycles. The van der Waals surface area contributed by atoms with Crippen LogP contribution in [0.15, 0.2) is 47.4 Å². The topological polar surface area (TPSA) is 113 Å². The molecule has 2 N–H and O–H groups in total. The van der Waals surface area contributed by atoms with Crippen LogP contribution in [0.25, 0.3) is 0 Å². The van der Waals surface area contributed by atoms with E-state index in [4.69, 9.17) is 9.84 Å². The second-order valence-corrected chi connectivity index (χ2v) is 10.00. The molecule has 1 aromatic rings. The van der Waals surface area contributed by atoms with Crippen LogP contribution < -0.4 is 4.72 Å². The van der Waals surface area contributed by atoms with Crippen molar-refractivity contribution >= 4 is 22.1 Å². The van der Waals surface area contributed by atoms with Gasteiger partial charge in [-0.15, -0.1) is 0 Å². The Bertz CT molecular complexity index is 861. The predicted molar refractivity (Wildman–Crippen MR) is 113 cm³/mol. The molecule has 1 amide bonds. The van der Waals surface area contributed by atoms with Gasteiger partial charge in [0.25, 0.3) is 0 Å². The van der Waals surface area contributed by atoms with Crippen LogP contribution in [-0.4, -0.2) is 54.7 Å². The van der Waals surface area contributed by atoms with E-state index in [1.54, 1.807) is 39.0 Å². The minimum atomic E-state index is -3.71. The van der Waals surface area contributed by atoms with Crippen molar-refractivity contribution in [2.75, 3.05) is 6.54 Å². The molecule has 2 atom stereocenters. The van der Waals surface area contributed by atoms with E-state index in [0.29, 0.717) is 19.3 Å². The number of carbonyl (C=O) groups excluding carboxylic acids is 1. The summed E-state index contributed by atoms with van der Waals surface area (Å²) < 4.78 is 33.4. The van der Waals surface area contributed by atoms with Crippen molar-refractivity contribution in [2.24, 2.45) is 0 Å². The quantitative estimate of drug-likeness (QED) is 0.476. The number of benzene rings is 1. The number of aliphatic carboxylic acids is 1. The van der Waals surface area contributed by atoms with Crippen molar-refractivity contribution in [2.45, 2.75) is 69.0 Å². The van der Waals surface area contributed by atoms with Gasteiger partial charge in [0.2, 0.25) is 10.0 Å². The van der Waals surface area contributed by atoms with Gasteiger partial charge in [-0.05, 0) is 52.2 Å². The Morgan fingerprint density at radius 1 is 1.27 bits per heavy atom. The van der Waals surface area contributed by atoms with E-state index >= 15 is 0 Å². The summed E-state index contributed by atoms with van der Waals surface area (Å²) in [7, 11) is -3.71. The van der Waals surface area contributed by atoms with Gasteiger partial charge in [0.05, 0.1) is 10.9 Å². The number of nitrogens with zero attached hydrogens (tertiary/aromatic N) is 1. The highest BCUT2D eigenvalue weighted by molar-refractivity contribution is 7.89. The summed E-state index contributed by atoms with van der Waals surface area (Å²) in [5.74, 6) is -0.852. The van der Waals surface area contributed by atoms with E-state index in [0.717, 1.165) is 0 Å². The summed E-state index contributed by atoms with van der Waals surface area (Å²) in [6.45, 7) is 5.50. The molecule has 0 spiro atoms. The maximum atomic E-state index is 12.6. The lowest BCUT2D eigenvalue weighted by Crippen LogP contribution is -2.41. The Kier molecular flexibility index (Phi) is 8.03. The van der Waals surface area contributed by atoms with Gasteiger partial charge < -0.3 is 14.7 Å². The average Bonchev–Trinajstić information content (AvgIpc) is 3.02. The Morgan fingerprint density at radius 3 is 2.53 bits per heavy atom. The summed E-state index contributed by atoms with van der Waals surface area (Å²) >= 11 is 0. The molecule has 1 aromatic carbocycles. The predicted octanol–water partition coefficient (Wildman–Crippen LogP) is 3.15. The van der Waals surface area contributed by atoms with Crippen LogP contribution in [0.2, 0.25) is 0 Å². The smallest absolute Gasteiger partial charge is 0.410 e. The summed E-state index contributed by atoms with van der Waals surface area (Å²) in [6, 6.07) is 7.28. The number of unbranched alkanes of at least 4 members (excludes halogenated alkanes) is 1. The lowest BCUT2D eigenvalue weighted by atomic mass is 10.1. The van der Waals surface area contributed by atoms with Crippen LogP contribution in [0.5, 0.6) is 0 Å². The largest absolute Gasteiger partial charge is 0.481 e. The van der Waals surface area contributed by atoms with E-state index in [2.05, 4.69) is 4.72 Å². The molecule has 0 bridgehead atoms. The Balaban J connectivity index is 2.10. The Labute approximate surface area is 178 Å². The SMILES string of the molecule is CC(C)(C)OC(=O)N1C[C@H](NS(=O)(=O)c2ccccc2)C[C@H]1/C=C\CCCC(=O)O. The van der Waals surface area contributed by atoms with Gasteiger partial charge in [0, 0.05) is 19.0 Å². The zero-order chi connectivity index (χ0) is 22.4. The standard InChI is InChI=1S/C21H30N2O6S/c1-21(2,3)29-20(26)23-15-16(14-17(23)10-6-4-9-13-19(24)25)22-30(27,28)18-11-7-5-8-12-18/h5-8,10-12,16-17,22H,4,9,13-15H2,1-3H3,(H,24,25)/b10-6-/t16-,17-/m1/s1. The molecular weight excluding hydrogens is 408 g/mol. The summed E-state index contributed by atoms with van der Waals surface area (Å²) in [5.41, 5.74) is -0.672. The van der Waals surface area contributed by atoms with Crippen LogP contribution in [0, 0.1) is 0 Å². The van der Waals surface area contributed by atoms with E-state index in [9.17, 15) is 18.0 Å². The number of amides is 1. The fourth-order valence-corrected chi connectivity index (χ4v) is 4.44. The van der Waals surface area contributed by atoms with E-state index in [-0.39, 0.29) is 23.9 Å². The van der Waals surface area contributed by atoms with Gasteiger partial charge in [-0.1, -0.05) is 30.4 Å². The number of carboxylic acid groups (broad SMARTS) is 1. The van der Waals surface area contributed by atoms with Crippen molar-refractivity contribution in [3.05, 3.63) is 42.5 Å². The number of allylic oxidation sites excluding steroid dienone is 1. The molecule has 9 heteroatoms. The number of sulfonamides is 1. The lowest BCUT2D eigenvalue weighted by molar-refractivity contribution is -0.137. The molecule has 0 radical (unpaired) electrons. The molecular formula is C21H30N2O6S. The van der Waals surface area contributed by atoms with Gasteiger partial charge in [0.1, 0.15) is 5.60 Å². The monoisotopic (exact) mass is 438 g/mol. The molecule has 1 aliphatic heterocycles. The van der Waals surface area contributed by atoms with E-state index in [1.807, 2.05) is 12.2 Å². The number of hydrogen-bond donors (Lipinski definition) is 2. The van der Waals surface area contributed by atoms with Crippen LogP contribution >= 0.6 is 0 Å². The first-order valence-corrected chi connectivity index (χ1v) is 11.4. The Hall–Kier alpha value is -2.39. The van der Waals surface area contributed by atoms with Crippen molar-refractivity contribution in [3.63, 3.8) is 0 Å².